The minimum Gasteiger partial charge on any atom is -0.497 e. The lowest BCUT2D eigenvalue weighted by molar-refractivity contribution is 0.401. The minimum atomic E-state index is 0.484. The van der Waals surface area contributed by atoms with Gasteiger partial charge in [-0.3, -0.25) is 4.57 Å². The number of benzene rings is 2. The maximum absolute atomic E-state index is 5.60. The second-order valence-electron chi connectivity index (χ2n) is 5.92. The second kappa shape index (κ2) is 7.71. The van der Waals surface area contributed by atoms with Crippen LogP contribution in [0.3, 0.4) is 0 Å². The predicted octanol–water partition coefficient (Wildman–Crippen LogP) is 4.16. The van der Waals surface area contributed by atoms with Crippen molar-refractivity contribution in [1.82, 2.24) is 19.7 Å². The third-order valence-electron chi connectivity index (χ3n) is 4.38. The van der Waals surface area contributed by atoms with Gasteiger partial charge in [-0.05, 0) is 18.2 Å². The molecular formula is C21H18N4O2S. The average molecular weight is 390 g/mol. The van der Waals surface area contributed by atoms with Crippen LogP contribution in [0.25, 0.3) is 28.0 Å². The number of hydrogen-bond acceptors (Lipinski definition) is 5. The standard InChI is InChI=1S/C21H18N4O2S/c1-4-11-28-21-24-23-20(16-13-22-17-8-6-5-7-15(16)17)25(21)18-12-14(26-2)9-10-19(18)27-3/h1,5-10,12-13,22H,11H2,2-3H3. The van der Waals surface area contributed by atoms with E-state index >= 15 is 0 Å². The summed E-state index contributed by atoms with van der Waals surface area (Å²) < 4.78 is 13.0. The van der Waals surface area contributed by atoms with Crippen molar-refractivity contribution in [2.24, 2.45) is 0 Å². The Balaban J connectivity index is 1.98. The number of methoxy groups -OCH3 is 2. The molecule has 0 saturated heterocycles. The van der Waals surface area contributed by atoms with Crippen molar-refractivity contribution in [3.05, 3.63) is 48.7 Å². The number of aromatic nitrogens is 4. The van der Waals surface area contributed by atoms with Gasteiger partial charge < -0.3 is 14.5 Å². The van der Waals surface area contributed by atoms with Gasteiger partial charge in [0.05, 0.1) is 25.7 Å². The molecule has 1 N–H and O–H groups in total. The predicted molar refractivity (Wildman–Crippen MR) is 111 cm³/mol. The van der Waals surface area contributed by atoms with E-state index in [1.165, 1.54) is 11.8 Å². The van der Waals surface area contributed by atoms with E-state index in [1.54, 1.807) is 14.2 Å². The van der Waals surface area contributed by atoms with Gasteiger partial charge in [0.2, 0.25) is 0 Å². The summed E-state index contributed by atoms with van der Waals surface area (Å²) in [6.45, 7) is 0. The Bertz CT molecular complexity index is 1170. The van der Waals surface area contributed by atoms with Gasteiger partial charge in [-0.25, -0.2) is 0 Å². The van der Waals surface area contributed by atoms with E-state index in [4.69, 9.17) is 15.9 Å². The molecule has 4 aromatic rings. The lowest BCUT2D eigenvalue weighted by Gasteiger charge is -2.14. The molecule has 0 fully saturated rings. The van der Waals surface area contributed by atoms with E-state index in [1.807, 2.05) is 47.2 Å². The van der Waals surface area contributed by atoms with Crippen LogP contribution < -0.4 is 9.47 Å². The summed E-state index contributed by atoms with van der Waals surface area (Å²) in [4.78, 5) is 3.29. The van der Waals surface area contributed by atoms with Gasteiger partial charge in [0, 0.05) is 28.7 Å². The lowest BCUT2D eigenvalue weighted by atomic mass is 10.1. The fourth-order valence-electron chi connectivity index (χ4n) is 3.09. The van der Waals surface area contributed by atoms with E-state index in [0.29, 0.717) is 28.2 Å². The van der Waals surface area contributed by atoms with Crippen LogP contribution in [0.5, 0.6) is 11.5 Å². The molecular weight excluding hydrogens is 372 g/mol. The van der Waals surface area contributed by atoms with E-state index in [9.17, 15) is 0 Å². The molecule has 2 aromatic heterocycles. The highest BCUT2D eigenvalue weighted by atomic mass is 32.2. The van der Waals surface area contributed by atoms with Crippen LogP contribution in [0.15, 0.2) is 53.8 Å². The molecule has 0 spiro atoms. The lowest BCUT2D eigenvalue weighted by Crippen LogP contribution is -2.03. The highest BCUT2D eigenvalue weighted by Crippen LogP contribution is 2.36. The number of ether oxygens (including phenoxy) is 2. The van der Waals surface area contributed by atoms with Gasteiger partial charge in [-0.2, -0.15) is 0 Å². The van der Waals surface area contributed by atoms with Crippen molar-refractivity contribution in [1.29, 1.82) is 0 Å². The largest absolute Gasteiger partial charge is 0.497 e. The topological polar surface area (TPSA) is 65.0 Å². The van der Waals surface area contributed by atoms with Crippen LogP contribution in [0, 0.1) is 12.3 Å². The van der Waals surface area contributed by atoms with Crippen molar-refractivity contribution in [3.63, 3.8) is 0 Å². The van der Waals surface area contributed by atoms with Gasteiger partial charge in [-0.1, -0.05) is 35.9 Å². The molecule has 2 aromatic carbocycles. The number of fused-ring (bicyclic) bond motifs is 1. The van der Waals surface area contributed by atoms with Crippen molar-refractivity contribution in [2.75, 3.05) is 20.0 Å². The van der Waals surface area contributed by atoms with Crippen LogP contribution in [0.4, 0.5) is 0 Å². The molecule has 7 heteroatoms. The molecule has 0 aliphatic carbocycles. The average Bonchev–Trinajstić information content (AvgIpc) is 3.35. The highest BCUT2D eigenvalue weighted by Gasteiger charge is 2.21. The Kier molecular flexibility index (Phi) is 4.96. The molecule has 6 nitrogen and oxygen atoms in total. The second-order valence-corrected chi connectivity index (χ2v) is 6.86. The van der Waals surface area contributed by atoms with Crippen molar-refractivity contribution in [2.45, 2.75) is 5.16 Å². The molecule has 0 unspecified atom stereocenters. The Labute approximate surface area is 166 Å². The quantitative estimate of drug-likeness (QED) is 0.396. The first-order valence-corrected chi connectivity index (χ1v) is 9.56. The zero-order valence-electron chi connectivity index (χ0n) is 15.5. The summed E-state index contributed by atoms with van der Waals surface area (Å²) in [7, 11) is 3.27. The van der Waals surface area contributed by atoms with E-state index < -0.39 is 0 Å². The van der Waals surface area contributed by atoms with E-state index in [2.05, 4.69) is 27.2 Å². The smallest absolute Gasteiger partial charge is 0.197 e. The molecule has 0 saturated carbocycles. The number of aromatic amines is 1. The summed E-state index contributed by atoms with van der Waals surface area (Å²) in [5, 5.41) is 10.6. The van der Waals surface area contributed by atoms with Crippen LogP contribution in [-0.2, 0) is 0 Å². The molecule has 0 atom stereocenters. The summed E-state index contributed by atoms with van der Waals surface area (Å²) >= 11 is 1.44. The Hall–Kier alpha value is -3.37. The Morgan fingerprint density at radius 2 is 2.00 bits per heavy atom. The van der Waals surface area contributed by atoms with Gasteiger partial charge in [0.25, 0.3) is 0 Å². The van der Waals surface area contributed by atoms with Crippen molar-refractivity contribution < 1.29 is 9.47 Å². The summed E-state index contributed by atoms with van der Waals surface area (Å²) in [6, 6.07) is 13.7. The van der Waals surface area contributed by atoms with Crippen molar-refractivity contribution in [3.8, 4) is 40.9 Å². The third-order valence-corrected chi connectivity index (χ3v) is 5.21. The SMILES string of the molecule is C#CCSc1nnc(-c2c[nH]c3ccccc23)n1-c1cc(OC)ccc1OC. The molecule has 0 radical (unpaired) electrons. The zero-order valence-corrected chi connectivity index (χ0v) is 16.3. The number of thioether (sulfide) groups is 1. The fourth-order valence-corrected chi connectivity index (χ4v) is 3.71. The first-order valence-electron chi connectivity index (χ1n) is 8.57. The fraction of sp³-hybridized carbons (Fsp3) is 0.143. The molecule has 28 heavy (non-hydrogen) atoms. The maximum Gasteiger partial charge on any atom is 0.197 e. The van der Waals surface area contributed by atoms with Crippen molar-refractivity contribution >= 4 is 22.7 Å². The highest BCUT2D eigenvalue weighted by molar-refractivity contribution is 7.99. The van der Waals surface area contributed by atoms with Gasteiger partial charge >= 0.3 is 0 Å². The van der Waals surface area contributed by atoms with E-state index in [-0.39, 0.29) is 0 Å². The molecule has 0 aliphatic rings. The number of para-hydroxylation sites is 1. The van der Waals surface area contributed by atoms with E-state index in [0.717, 1.165) is 22.2 Å². The summed E-state index contributed by atoms with van der Waals surface area (Å²) in [6.07, 6.45) is 7.40. The monoisotopic (exact) mass is 390 g/mol. The molecule has 0 bridgehead atoms. The molecule has 0 aliphatic heterocycles. The first-order chi connectivity index (χ1) is 13.8. The van der Waals surface area contributed by atoms with Gasteiger partial charge in [-0.15, -0.1) is 16.6 Å². The number of rotatable bonds is 6. The molecule has 140 valence electrons. The third kappa shape index (κ3) is 3.08. The maximum atomic E-state index is 5.60. The normalized spacial score (nSPS) is 10.8. The first kappa shape index (κ1) is 18.0. The van der Waals surface area contributed by atoms with Crippen LogP contribution in [0.2, 0.25) is 0 Å². The Morgan fingerprint density at radius 3 is 2.79 bits per heavy atom. The number of terminal acetylenes is 1. The summed E-state index contributed by atoms with van der Waals surface area (Å²) in [5.41, 5.74) is 2.76. The molecule has 4 rings (SSSR count). The number of hydrogen-bond donors (Lipinski definition) is 1. The molecule has 0 amide bonds. The van der Waals surface area contributed by atoms with Gasteiger partial charge in [0.15, 0.2) is 11.0 Å². The van der Waals surface area contributed by atoms with Crippen LogP contribution in [0.1, 0.15) is 0 Å². The zero-order chi connectivity index (χ0) is 19.5. The molecule has 2 heterocycles. The minimum absolute atomic E-state index is 0.484. The number of nitrogens with one attached hydrogen (secondary N) is 1. The van der Waals surface area contributed by atoms with Crippen LogP contribution >= 0.6 is 11.8 Å². The number of nitrogens with zero attached hydrogens (tertiary/aromatic N) is 3. The summed E-state index contributed by atoms with van der Waals surface area (Å²) in [5.74, 6) is 5.22. The number of H-pyrrole nitrogens is 1. The van der Waals surface area contributed by atoms with Gasteiger partial charge in [0.1, 0.15) is 11.5 Å². The van der Waals surface area contributed by atoms with Crippen LogP contribution in [-0.4, -0.2) is 39.7 Å². The Morgan fingerprint density at radius 1 is 1.14 bits per heavy atom.